The molecule has 0 unspecified atom stereocenters. The molecular formula is C11H11NO. The third-order valence-corrected chi connectivity index (χ3v) is 2.11. The van der Waals surface area contributed by atoms with E-state index in [4.69, 9.17) is 5.11 Å². The molecule has 0 atom stereocenters. The van der Waals surface area contributed by atoms with Crippen molar-refractivity contribution in [3.8, 4) is 0 Å². The van der Waals surface area contributed by atoms with Crippen LogP contribution in [-0.2, 0) is 6.61 Å². The van der Waals surface area contributed by atoms with E-state index in [-0.39, 0.29) is 6.61 Å². The van der Waals surface area contributed by atoms with Crippen molar-refractivity contribution < 1.29 is 5.11 Å². The molecule has 0 amide bonds. The molecule has 0 radical (unpaired) electrons. The van der Waals surface area contributed by atoms with Gasteiger partial charge in [-0.3, -0.25) is 4.98 Å². The van der Waals surface area contributed by atoms with Crippen molar-refractivity contribution in [2.45, 2.75) is 13.5 Å². The van der Waals surface area contributed by atoms with E-state index in [0.29, 0.717) is 0 Å². The van der Waals surface area contributed by atoms with Crippen LogP contribution < -0.4 is 0 Å². The first-order valence-corrected chi connectivity index (χ1v) is 4.27. The van der Waals surface area contributed by atoms with Gasteiger partial charge in [-0.15, -0.1) is 0 Å². The summed E-state index contributed by atoms with van der Waals surface area (Å²) in [5.41, 5.74) is 2.78. The lowest BCUT2D eigenvalue weighted by Gasteiger charge is -2.02. The van der Waals surface area contributed by atoms with Gasteiger partial charge in [-0.2, -0.15) is 0 Å². The lowest BCUT2D eigenvalue weighted by Crippen LogP contribution is -1.90. The molecule has 2 aromatic rings. The first kappa shape index (κ1) is 8.20. The maximum absolute atomic E-state index is 9.09. The average Bonchev–Trinajstić information content (AvgIpc) is 2.17. The Morgan fingerprint density at radius 1 is 1.23 bits per heavy atom. The zero-order chi connectivity index (χ0) is 9.26. The average molecular weight is 173 g/mol. The van der Waals surface area contributed by atoms with E-state index in [9.17, 15) is 0 Å². The number of aliphatic hydroxyl groups excluding tert-OH is 1. The summed E-state index contributed by atoms with van der Waals surface area (Å²) in [6.45, 7) is 2.00. The van der Waals surface area contributed by atoms with E-state index in [1.807, 2.05) is 37.3 Å². The highest BCUT2D eigenvalue weighted by atomic mass is 16.3. The van der Waals surface area contributed by atoms with Gasteiger partial charge >= 0.3 is 0 Å². The molecule has 0 aliphatic rings. The van der Waals surface area contributed by atoms with Crippen LogP contribution in [0.4, 0.5) is 0 Å². The minimum Gasteiger partial charge on any atom is -0.392 e. The van der Waals surface area contributed by atoms with Gasteiger partial charge in [-0.05, 0) is 13.0 Å². The van der Waals surface area contributed by atoms with Crippen LogP contribution in [0.2, 0.25) is 0 Å². The normalized spacial score (nSPS) is 10.6. The Hall–Kier alpha value is -1.41. The Labute approximate surface area is 76.9 Å². The monoisotopic (exact) mass is 173 g/mol. The molecule has 1 N–H and O–H groups in total. The fraction of sp³-hybridized carbons (Fsp3) is 0.182. The Morgan fingerprint density at radius 2 is 2.08 bits per heavy atom. The molecule has 0 aliphatic carbocycles. The molecule has 66 valence electrons. The molecule has 1 aromatic carbocycles. The molecular weight excluding hydrogens is 162 g/mol. The molecule has 2 heteroatoms. The van der Waals surface area contributed by atoms with Crippen molar-refractivity contribution in [3.05, 3.63) is 41.6 Å². The van der Waals surface area contributed by atoms with Crippen LogP contribution in [0.15, 0.2) is 30.3 Å². The first-order chi connectivity index (χ1) is 6.31. The van der Waals surface area contributed by atoms with Crippen LogP contribution in [0.3, 0.4) is 0 Å². The van der Waals surface area contributed by atoms with Crippen molar-refractivity contribution in [2.24, 2.45) is 0 Å². The SMILES string of the molecule is Cc1ccc2cccc(CO)c2n1. The number of hydrogen-bond acceptors (Lipinski definition) is 2. The van der Waals surface area contributed by atoms with Gasteiger partial charge in [0, 0.05) is 16.6 Å². The number of aryl methyl sites for hydroxylation is 1. The number of benzene rings is 1. The quantitative estimate of drug-likeness (QED) is 0.715. The third kappa shape index (κ3) is 1.40. The maximum Gasteiger partial charge on any atom is 0.0760 e. The molecule has 0 spiro atoms. The minimum absolute atomic E-state index is 0.0494. The number of hydrogen-bond donors (Lipinski definition) is 1. The summed E-state index contributed by atoms with van der Waals surface area (Å²) in [4.78, 5) is 4.39. The second kappa shape index (κ2) is 3.15. The third-order valence-electron chi connectivity index (χ3n) is 2.11. The van der Waals surface area contributed by atoms with Crippen molar-refractivity contribution in [3.63, 3.8) is 0 Å². The standard InChI is InChI=1S/C11H11NO/c1-8-5-6-9-3-2-4-10(7-13)11(9)12-8/h2-6,13H,7H2,1H3. The van der Waals surface area contributed by atoms with E-state index in [1.54, 1.807) is 0 Å². The Bertz CT molecular complexity index is 437. The summed E-state index contributed by atoms with van der Waals surface area (Å²) >= 11 is 0. The predicted octanol–water partition coefficient (Wildman–Crippen LogP) is 2.04. The second-order valence-electron chi connectivity index (χ2n) is 3.10. The second-order valence-corrected chi connectivity index (χ2v) is 3.10. The first-order valence-electron chi connectivity index (χ1n) is 4.27. The summed E-state index contributed by atoms with van der Waals surface area (Å²) in [6.07, 6.45) is 0. The fourth-order valence-corrected chi connectivity index (χ4v) is 1.43. The van der Waals surface area contributed by atoms with Crippen molar-refractivity contribution in [1.82, 2.24) is 4.98 Å². The molecule has 0 saturated carbocycles. The number of para-hydroxylation sites is 1. The lowest BCUT2D eigenvalue weighted by atomic mass is 10.1. The van der Waals surface area contributed by atoms with Crippen LogP contribution in [0, 0.1) is 6.92 Å². The minimum atomic E-state index is 0.0494. The number of aliphatic hydroxyl groups is 1. The zero-order valence-electron chi connectivity index (χ0n) is 7.49. The maximum atomic E-state index is 9.09. The summed E-state index contributed by atoms with van der Waals surface area (Å²) in [6, 6.07) is 9.83. The van der Waals surface area contributed by atoms with E-state index in [2.05, 4.69) is 4.98 Å². The molecule has 0 bridgehead atoms. The molecule has 1 heterocycles. The number of pyridine rings is 1. The lowest BCUT2D eigenvalue weighted by molar-refractivity contribution is 0.283. The molecule has 2 nitrogen and oxygen atoms in total. The molecule has 0 fully saturated rings. The number of fused-ring (bicyclic) bond motifs is 1. The van der Waals surface area contributed by atoms with Gasteiger partial charge in [-0.1, -0.05) is 24.3 Å². The van der Waals surface area contributed by atoms with Crippen molar-refractivity contribution >= 4 is 10.9 Å². The largest absolute Gasteiger partial charge is 0.392 e. The van der Waals surface area contributed by atoms with Crippen LogP contribution in [0.5, 0.6) is 0 Å². The van der Waals surface area contributed by atoms with Gasteiger partial charge < -0.3 is 5.11 Å². The highest BCUT2D eigenvalue weighted by Crippen LogP contribution is 2.16. The summed E-state index contributed by atoms with van der Waals surface area (Å²) in [5, 5.41) is 10.2. The van der Waals surface area contributed by atoms with E-state index >= 15 is 0 Å². The topological polar surface area (TPSA) is 33.1 Å². The van der Waals surface area contributed by atoms with Crippen LogP contribution in [-0.4, -0.2) is 10.1 Å². The molecule has 2 rings (SSSR count). The van der Waals surface area contributed by atoms with Crippen LogP contribution in [0.1, 0.15) is 11.3 Å². The van der Waals surface area contributed by atoms with Crippen molar-refractivity contribution in [1.29, 1.82) is 0 Å². The van der Waals surface area contributed by atoms with Crippen molar-refractivity contribution in [2.75, 3.05) is 0 Å². The smallest absolute Gasteiger partial charge is 0.0760 e. The van der Waals surface area contributed by atoms with Gasteiger partial charge in [0.05, 0.1) is 12.1 Å². The van der Waals surface area contributed by atoms with Gasteiger partial charge in [0.25, 0.3) is 0 Å². The van der Waals surface area contributed by atoms with E-state index in [0.717, 1.165) is 22.2 Å². The summed E-state index contributed by atoms with van der Waals surface area (Å²) in [5.74, 6) is 0. The number of rotatable bonds is 1. The fourth-order valence-electron chi connectivity index (χ4n) is 1.43. The van der Waals surface area contributed by atoms with Gasteiger partial charge in [0.1, 0.15) is 0 Å². The zero-order valence-corrected chi connectivity index (χ0v) is 7.49. The molecule has 0 aliphatic heterocycles. The van der Waals surface area contributed by atoms with Gasteiger partial charge in [-0.25, -0.2) is 0 Å². The van der Waals surface area contributed by atoms with Gasteiger partial charge in [0.2, 0.25) is 0 Å². The van der Waals surface area contributed by atoms with E-state index < -0.39 is 0 Å². The molecule has 1 aromatic heterocycles. The highest BCUT2D eigenvalue weighted by Gasteiger charge is 2.00. The van der Waals surface area contributed by atoms with Gasteiger partial charge in [0.15, 0.2) is 0 Å². The van der Waals surface area contributed by atoms with Crippen LogP contribution >= 0.6 is 0 Å². The number of aromatic nitrogens is 1. The molecule has 13 heavy (non-hydrogen) atoms. The van der Waals surface area contributed by atoms with E-state index in [1.165, 1.54) is 0 Å². The highest BCUT2D eigenvalue weighted by molar-refractivity contribution is 5.81. The number of nitrogens with zero attached hydrogens (tertiary/aromatic N) is 1. The summed E-state index contributed by atoms with van der Waals surface area (Å²) in [7, 11) is 0. The Morgan fingerprint density at radius 3 is 2.85 bits per heavy atom. The predicted molar refractivity (Wildman–Crippen MR) is 52.4 cm³/mol. The summed E-state index contributed by atoms with van der Waals surface area (Å²) < 4.78 is 0. The molecule has 0 saturated heterocycles. The Balaban J connectivity index is 2.79. The Kier molecular flexibility index (Phi) is 1.99. The van der Waals surface area contributed by atoms with Crippen LogP contribution in [0.25, 0.3) is 10.9 Å².